The number of carbonyl (C=O) groups excluding carboxylic acids is 1. The number of aromatic nitrogens is 2. The van der Waals surface area contributed by atoms with Crippen LogP contribution in [0.3, 0.4) is 0 Å². The van der Waals surface area contributed by atoms with Crippen molar-refractivity contribution in [3.63, 3.8) is 0 Å². The van der Waals surface area contributed by atoms with E-state index in [1.54, 1.807) is 10.7 Å². The number of amidine groups is 1. The number of nitrogen functional groups attached to an aromatic ring is 1. The molecule has 0 spiro atoms. The maximum absolute atomic E-state index is 11.8. The molecule has 1 aliphatic carbocycles. The largest absolute Gasteiger partial charge is 0.384 e. The summed E-state index contributed by atoms with van der Waals surface area (Å²) < 4.78 is 1.72. The van der Waals surface area contributed by atoms with Gasteiger partial charge >= 0.3 is 0 Å². The molecule has 0 aliphatic heterocycles. The molecule has 2 aromatic heterocycles. The zero-order chi connectivity index (χ0) is 17.8. The van der Waals surface area contributed by atoms with Crippen LogP contribution in [-0.4, -0.2) is 33.4 Å². The van der Waals surface area contributed by atoms with Gasteiger partial charge in [0, 0.05) is 18.3 Å². The second-order valence-corrected chi connectivity index (χ2v) is 6.23. The van der Waals surface area contributed by atoms with Crippen LogP contribution in [0.2, 0.25) is 0 Å². The van der Waals surface area contributed by atoms with Crippen LogP contribution in [-0.2, 0) is 4.79 Å². The van der Waals surface area contributed by atoms with E-state index >= 15 is 0 Å². The SMILES string of the molecule is N#CCC(=O)N[C@@H]1CCCC[C@H]1Nc1c(C(=N)N)cnn2cccc12. The minimum Gasteiger partial charge on any atom is -0.384 e. The van der Waals surface area contributed by atoms with E-state index in [9.17, 15) is 4.79 Å². The number of nitrogens with two attached hydrogens (primary N) is 1. The number of hydrogen-bond donors (Lipinski definition) is 4. The molecule has 5 N–H and O–H groups in total. The van der Waals surface area contributed by atoms with Gasteiger partial charge in [-0.05, 0) is 25.0 Å². The highest BCUT2D eigenvalue weighted by Crippen LogP contribution is 2.27. The monoisotopic (exact) mass is 339 g/mol. The van der Waals surface area contributed by atoms with Crippen LogP contribution in [0.4, 0.5) is 5.69 Å². The molecule has 130 valence electrons. The number of amides is 1. The Morgan fingerprint density at radius 1 is 1.44 bits per heavy atom. The van der Waals surface area contributed by atoms with Gasteiger partial charge in [-0.2, -0.15) is 10.4 Å². The predicted octanol–water partition coefficient (Wildman–Crippen LogP) is 1.37. The van der Waals surface area contributed by atoms with Crippen LogP contribution < -0.4 is 16.4 Å². The molecule has 2 atom stereocenters. The van der Waals surface area contributed by atoms with E-state index in [2.05, 4.69) is 15.7 Å². The average Bonchev–Trinajstić information content (AvgIpc) is 3.06. The van der Waals surface area contributed by atoms with Crippen molar-refractivity contribution in [2.45, 2.75) is 44.2 Å². The molecule has 1 amide bonds. The molecular formula is C17H21N7O. The van der Waals surface area contributed by atoms with Crippen LogP contribution in [0.5, 0.6) is 0 Å². The predicted molar refractivity (Wildman–Crippen MR) is 94.2 cm³/mol. The van der Waals surface area contributed by atoms with Gasteiger partial charge in [0.25, 0.3) is 0 Å². The van der Waals surface area contributed by atoms with Gasteiger partial charge in [0.1, 0.15) is 12.3 Å². The second-order valence-electron chi connectivity index (χ2n) is 6.23. The maximum atomic E-state index is 11.8. The first kappa shape index (κ1) is 16.8. The van der Waals surface area contributed by atoms with Gasteiger partial charge in [0.05, 0.1) is 29.0 Å². The molecule has 3 rings (SSSR count). The second kappa shape index (κ2) is 7.21. The summed E-state index contributed by atoms with van der Waals surface area (Å²) in [7, 11) is 0. The molecule has 0 radical (unpaired) electrons. The van der Waals surface area contributed by atoms with Gasteiger partial charge in [0.15, 0.2) is 0 Å². The summed E-state index contributed by atoms with van der Waals surface area (Å²) in [5.74, 6) is -0.310. The Balaban J connectivity index is 1.89. The van der Waals surface area contributed by atoms with E-state index < -0.39 is 0 Å². The minimum absolute atomic E-state index is 0.00981. The van der Waals surface area contributed by atoms with Crippen molar-refractivity contribution in [2.75, 3.05) is 5.32 Å². The zero-order valence-electron chi connectivity index (χ0n) is 13.8. The third-order valence-electron chi connectivity index (χ3n) is 4.54. The zero-order valence-corrected chi connectivity index (χ0v) is 13.8. The van der Waals surface area contributed by atoms with Crippen LogP contribution >= 0.6 is 0 Å². The molecule has 1 saturated carbocycles. The van der Waals surface area contributed by atoms with E-state index in [-0.39, 0.29) is 30.2 Å². The minimum atomic E-state index is -0.254. The van der Waals surface area contributed by atoms with Crippen molar-refractivity contribution in [1.82, 2.24) is 14.9 Å². The van der Waals surface area contributed by atoms with E-state index in [1.807, 2.05) is 24.4 Å². The number of nitrogens with one attached hydrogen (secondary N) is 3. The Morgan fingerprint density at radius 3 is 2.92 bits per heavy atom. The number of fused-ring (bicyclic) bond motifs is 1. The Kier molecular flexibility index (Phi) is 4.84. The first-order chi connectivity index (χ1) is 12.1. The number of nitrogens with zero attached hydrogens (tertiary/aromatic N) is 3. The van der Waals surface area contributed by atoms with Gasteiger partial charge in [-0.25, -0.2) is 4.52 Å². The van der Waals surface area contributed by atoms with Gasteiger partial charge < -0.3 is 16.4 Å². The summed E-state index contributed by atoms with van der Waals surface area (Å²) in [5, 5.41) is 27.2. The Labute approximate surface area is 145 Å². The van der Waals surface area contributed by atoms with E-state index in [1.165, 1.54) is 0 Å². The van der Waals surface area contributed by atoms with Crippen molar-refractivity contribution < 1.29 is 4.79 Å². The molecular weight excluding hydrogens is 318 g/mol. The van der Waals surface area contributed by atoms with E-state index in [4.69, 9.17) is 16.4 Å². The lowest BCUT2D eigenvalue weighted by atomic mass is 9.89. The van der Waals surface area contributed by atoms with Crippen LogP contribution in [0.25, 0.3) is 5.52 Å². The Morgan fingerprint density at radius 2 is 2.20 bits per heavy atom. The lowest BCUT2D eigenvalue weighted by molar-refractivity contribution is -0.121. The molecule has 8 nitrogen and oxygen atoms in total. The van der Waals surface area contributed by atoms with Crippen LogP contribution in [0.1, 0.15) is 37.7 Å². The summed E-state index contributed by atoms with van der Waals surface area (Å²) >= 11 is 0. The number of carbonyl (C=O) groups is 1. The molecule has 0 bridgehead atoms. The molecule has 0 saturated heterocycles. The van der Waals surface area contributed by atoms with Crippen molar-refractivity contribution in [2.24, 2.45) is 5.73 Å². The van der Waals surface area contributed by atoms with Gasteiger partial charge in [-0.15, -0.1) is 0 Å². The molecule has 0 unspecified atom stereocenters. The standard InChI is InChI=1S/C17H21N7O/c18-8-7-15(25)22-12-4-1-2-5-13(12)23-16-11(17(19)20)10-21-24-9-3-6-14(16)24/h3,6,9-10,12-13,23H,1-2,4-5,7H2,(H3,19,20)(H,22,25)/t12-,13-/m1/s1. The number of hydrogen-bond acceptors (Lipinski definition) is 5. The fraction of sp³-hybridized carbons (Fsp3) is 0.412. The Hall–Kier alpha value is -3.08. The van der Waals surface area contributed by atoms with E-state index in [0.717, 1.165) is 36.9 Å². The highest BCUT2D eigenvalue weighted by atomic mass is 16.1. The average molecular weight is 339 g/mol. The fourth-order valence-corrected chi connectivity index (χ4v) is 3.34. The topological polar surface area (TPSA) is 132 Å². The van der Waals surface area contributed by atoms with Crippen molar-refractivity contribution in [1.29, 1.82) is 10.7 Å². The van der Waals surface area contributed by atoms with Gasteiger partial charge in [-0.3, -0.25) is 10.2 Å². The van der Waals surface area contributed by atoms with E-state index in [0.29, 0.717) is 5.56 Å². The molecule has 25 heavy (non-hydrogen) atoms. The summed E-state index contributed by atoms with van der Waals surface area (Å²) in [6, 6.07) is 5.62. The highest BCUT2D eigenvalue weighted by molar-refractivity contribution is 6.03. The number of rotatable bonds is 5. The van der Waals surface area contributed by atoms with Crippen LogP contribution in [0.15, 0.2) is 24.5 Å². The van der Waals surface area contributed by atoms with Crippen LogP contribution in [0, 0.1) is 16.7 Å². The number of nitriles is 1. The normalized spacial score (nSPS) is 20.0. The third-order valence-corrected chi connectivity index (χ3v) is 4.54. The molecule has 2 heterocycles. The van der Waals surface area contributed by atoms with Gasteiger partial charge in [-0.1, -0.05) is 12.8 Å². The summed E-state index contributed by atoms with van der Waals surface area (Å²) in [5.41, 5.74) is 7.85. The third kappa shape index (κ3) is 3.55. The lowest BCUT2D eigenvalue weighted by Gasteiger charge is -2.34. The maximum Gasteiger partial charge on any atom is 0.234 e. The Bertz CT molecular complexity index is 835. The molecule has 0 aromatic carbocycles. The molecule has 8 heteroatoms. The van der Waals surface area contributed by atoms with Crippen molar-refractivity contribution >= 4 is 22.9 Å². The molecule has 1 fully saturated rings. The highest BCUT2D eigenvalue weighted by Gasteiger charge is 2.28. The summed E-state index contributed by atoms with van der Waals surface area (Å²) in [4.78, 5) is 11.8. The van der Waals surface area contributed by atoms with Gasteiger partial charge in [0.2, 0.25) is 5.91 Å². The first-order valence-electron chi connectivity index (χ1n) is 8.33. The van der Waals surface area contributed by atoms with Crippen molar-refractivity contribution in [3.05, 3.63) is 30.1 Å². The van der Waals surface area contributed by atoms with Crippen molar-refractivity contribution in [3.8, 4) is 6.07 Å². The first-order valence-corrected chi connectivity index (χ1v) is 8.33. The summed E-state index contributed by atoms with van der Waals surface area (Å²) in [6.45, 7) is 0. The molecule has 1 aliphatic rings. The smallest absolute Gasteiger partial charge is 0.234 e. The quantitative estimate of drug-likeness (QED) is 0.482. The fourth-order valence-electron chi connectivity index (χ4n) is 3.34. The number of anilines is 1. The molecule has 2 aromatic rings. The lowest BCUT2D eigenvalue weighted by Crippen LogP contribution is -2.48. The summed E-state index contributed by atoms with van der Waals surface area (Å²) in [6.07, 6.45) is 7.10.